The lowest BCUT2D eigenvalue weighted by Gasteiger charge is -2.29. The van der Waals surface area contributed by atoms with Crippen molar-refractivity contribution in [1.82, 2.24) is 4.90 Å². The van der Waals surface area contributed by atoms with Gasteiger partial charge in [0.1, 0.15) is 0 Å². The van der Waals surface area contributed by atoms with Gasteiger partial charge < -0.3 is 4.90 Å². The minimum Gasteiger partial charge on any atom is -0.301 e. The summed E-state index contributed by atoms with van der Waals surface area (Å²) in [5.41, 5.74) is 0. The SMILES string of the molecule is CCCN(CC(CC)CBr)C(C)C. The molecule has 0 rings (SSSR count). The molecule has 1 unspecified atom stereocenters. The summed E-state index contributed by atoms with van der Waals surface area (Å²) in [6, 6.07) is 0.688. The Labute approximate surface area is 92.0 Å². The molecule has 80 valence electrons. The summed E-state index contributed by atoms with van der Waals surface area (Å²) in [5.74, 6) is 0.814. The molecule has 13 heavy (non-hydrogen) atoms. The van der Waals surface area contributed by atoms with Gasteiger partial charge in [0.05, 0.1) is 0 Å². The second kappa shape index (κ2) is 7.81. The summed E-state index contributed by atoms with van der Waals surface area (Å²) < 4.78 is 0. The van der Waals surface area contributed by atoms with Crippen molar-refractivity contribution in [1.29, 1.82) is 0 Å². The number of alkyl halides is 1. The Bertz CT molecular complexity index is 111. The van der Waals surface area contributed by atoms with Crippen LogP contribution in [0.2, 0.25) is 0 Å². The van der Waals surface area contributed by atoms with E-state index in [2.05, 4.69) is 48.5 Å². The van der Waals surface area contributed by atoms with Crippen LogP contribution in [0.3, 0.4) is 0 Å². The highest BCUT2D eigenvalue weighted by atomic mass is 79.9. The molecule has 0 amide bonds. The summed E-state index contributed by atoms with van der Waals surface area (Å²) in [7, 11) is 0. The van der Waals surface area contributed by atoms with Crippen LogP contribution in [0.1, 0.15) is 40.5 Å². The van der Waals surface area contributed by atoms with Crippen molar-refractivity contribution < 1.29 is 0 Å². The van der Waals surface area contributed by atoms with Crippen molar-refractivity contribution in [2.75, 3.05) is 18.4 Å². The zero-order chi connectivity index (χ0) is 10.3. The first-order valence-corrected chi connectivity index (χ1v) is 6.57. The Balaban J connectivity index is 3.91. The lowest BCUT2D eigenvalue weighted by molar-refractivity contribution is 0.192. The number of nitrogens with zero attached hydrogens (tertiary/aromatic N) is 1. The molecule has 1 nitrogen and oxygen atoms in total. The first-order chi connectivity index (χ1) is 6.15. The van der Waals surface area contributed by atoms with Gasteiger partial charge in [0.15, 0.2) is 0 Å². The number of hydrogen-bond acceptors (Lipinski definition) is 1. The Hall–Kier alpha value is 0.440. The van der Waals surface area contributed by atoms with E-state index in [1.54, 1.807) is 0 Å². The second-order valence-corrected chi connectivity index (χ2v) is 4.66. The van der Waals surface area contributed by atoms with Crippen LogP contribution in [0.15, 0.2) is 0 Å². The molecule has 0 N–H and O–H groups in total. The second-order valence-electron chi connectivity index (χ2n) is 4.02. The van der Waals surface area contributed by atoms with E-state index in [9.17, 15) is 0 Å². The zero-order valence-electron chi connectivity index (χ0n) is 9.52. The fourth-order valence-corrected chi connectivity index (χ4v) is 2.13. The fourth-order valence-electron chi connectivity index (χ4n) is 1.47. The van der Waals surface area contributed by atoms with Crippen LogP contribution in [0.25, 0.3) is 0 Å². The molecule has 0 saturated heterocycles. The molecule has 0 aromatic rings. The maximum atomic E-state index is 3.58. The van der Waals surface area contributed by atoms with Crippen LogP contribution in [0, 0.1) is 5.92 Å². The van der Waals surface area contributed by atoms with E-state index < -0.39 is 0 Å². The van der Waals surface area contributed by atoms with Crippen molar-refractivity contribution >= 4 is 15.9 Å². The van der Waals surface area contributed by atoms with Crippen molar-refractivity contribution in [3.05, 3.63) is 0 Å². The average molecular weight is 250 g/mol. The van der Waals surface area contributed by atoms with Crippen molar-refractivity contribution in [2.45, 2.75) is 46.6 Å². The van der Waals surface area contributed by atoms with Crippen LogP contribution in [-0.4, -0.2) is 29.4 Å². The van der Waals surface area contributed by atoms with Crippen LogP contribution < -0.4 is 0 Å². The van der Waals surface area contributed by atoms with Gasteiger partial charge in [-0.15, -0.1) is 0 Å². The van der Waals surface area contributed by atoms with E-state index >= 15 is 0 Å². The van der Waals surface area contributed by atoms with Crippen LogP contribution >= 0.6 is 15.9 Å². The molecule has 0 aromatic heterocycles. The lowest BCUT2D eigenvalue weighted by atomic mass is 10.1. The van der Waals surface area contributed by atoms with Crippen LogP contribution in [-0.2, 0) is 0 Å². The lowest BCUT2D eigenvalue weighted by Crippen LogP contribution is -2.36. The predicted octanol–water partition coefficient (Wildman–Crippen LogP) is 3.53. The topological polar surface area (TPSA) is 3.24 Å². The molecule has 0 aliphatic rings. The number of hydrogen-bond donors (Lipinski definition) is 0. The van der Waals surface area contributed by atoms with Crippen LogP contribution in [0.4, 0.5) is 0 Å². The van der Waals surface area contributed by atoms with Crippen molar-refractivity contribution in [3.63, 3.8) is 0 Å². The van der Waals surface area contributed by atoms with Crippen molar-refractivity contribution in [2.24, 2.45) is 5.92 Å². The van der Waals surface area contributed by atoms with E-state index in [0.29, 0.717) is 6.04 Å². The highest BCUT2D eigenvalue weighted by Gasteiger charge is 2.13. The van der Waals surface area contributed by atoms with Gasteiger partial charge in [-0.25, -0.2) is 0 Å². The molecule has 0 saturated carbocycles. The predicted molar refractivity (Wildman–Crippen MR) is 64.6 cm³/mol. The molecule has 0 bridgehead atoms. The van der Waals surface area contributed by atoms with Gasteiger partial charge in [-0.05, 0) is 32.7 Å². The summed E-state index contributed by atoms with van der Waals surface area (Å²) in [6.07, 6.45) is 2.54. The normalized spacial score (nSPS) is 14.1. The molecule has 0 fully saturated rings. The number of rotatable bonds is 7. The molecule has 0 aliphatic heterocycles. The van der Waals surface area contributed by atoms with Gasteiger partial charge in [-0.3, -0.25) is 0 Å². The summed E-state index contributed by atoms with van der Waals surface area (Å²) in [4.78, 5) is 2.58. The molecular weight excluding hydrogens is 226 g/mol. The fraction of sp³-hybridized carbons (Fsp3) is 1.00. The van der Waals surface area contributed by atoms with Gasteiger partial charge in [-0.2, -0.15) is 0 Å². The molecule has 0 radical (unpaired) electrons. The average Bonchev–Trinajstić information content (AvgIpc) is 2.11. The molecule has 0 aliphatic carbocycles. The third-order valence-electron chi connectivity index (χ3n) is 2.53. The molecular formula is C11H24BrN. The molecule has 2 heteroatoms. The quantitative estimate of drug-likeness (QED) is 0.625. The highest BCUT2D eigenvalue weighted by Crippen LogP contribution is 2.11. The monoisotopic (exact) mass is 249 g/mol. The maximum Gasteiger partial charge on any atom is 0.00717 e. The Kier molecular flexibility index (Phi) is 8.07. The van der Waals surface area contributed by atoms with Gasteiger partial charge in [0.25, 0.3) is 0 Å². The van der Waals surface area contributed by atoms with Gasteiger partial charge in [0, 0.05) is 17.9 Å². The Morgan fingerprint density at radius 1 is 1.23 bits per heavy atom. The summed E-state index contributed by atoms with van der Waals surface area (Å²) >= 11 is 3.58. The van der Waals surface area contributed by atoms with E-state index in [-0.39, 0.29) is 0 Å². The van der Waals surface area contributed by atoms with E-state index in [4.69, 9.17) is 0 Å². The largest absolute Gasteiger partial charge is 0.301 e. The maximum absolute atomic E-state index is 3.58. The molecule has 0 heterocycles. The third-order valence-corrected chi connectivity index (χ3v) is 3.45. The van der Waals surface area contributed by atoms with Crippen molar-refractivity contribution in [3.8, 4) is 0 Å². The van der Waals surface area contributed by atoms with Gasteiger partial charge >= 0.3 is 0 Å². The first-order valence-electron chi connectivity index (χ1n) is 5.45. The highest BCUT2D eigenvalue weighted by molar-refractivity contribution is 9.09. The Morgan fingerprint density at radius 3 is 2.15 bits per heavy atom. The standard InChI is InChI=1S/C11H24BrN/c1-5-7-13(10(3)4)9-11(6-2)8-12/h10-11H,5-9H2,1-4H3. The van der Waals surface area contributed by atoms with E-state index in [1.165, 1.54) is 25.9 Å². The minimum absolute atomic E-state index is 0.688. The van der Waals surface area contributed by atoms with Gasteiger partial charge in [0.2, 0.25) is 0 Å². The summed E-state index contributed by atoms with van der Waals surface area (Å²) in [6.45, 7) is 11.6. The number of halogens is 1. The van der Waals surface area contributed by atoms with E-state index in [0.717, 1.165) is 11.2 Å². The Morgan fingerprint density at radius 2 is 1.85 bits per heavy atom. The van der Waals surface area contributed by atoms with E-state index in [1.807, 2.05) is 0 Å². The summed E-state index contributed by atoms with van der Waals surface area (Å²) in [5, 5.41) is 1.14. The minimum atomic E-state index is 0.688. The first kappa shape index (κ1) is 13.4. The molecule has 1 atom stereocenters. The smallest absolute Gasteiger partial charge is 0.00717 e. The van der Waals surface area contributed by atoms with Crippen LogP contribution in [0.5, 0.6) is 0 Å². The van der Waals surface area contributed by atoms with Gasteiger partial charge in [-0.1, -0.05) is 36.2 Å². The third kappa shape index (κ3) is 5.69. The molecule has 0 aromatic carbocycles. The molecule has 0 spiro atoms. The zero-order valence-corrected chi connectivity index (χ0v) is 11.1.